The maximum absolute atomic E-state index is 8.15. The Balaban J connectivity index is 2.34. The average molecular weight is 175 g/mol. The molecule has 1 aliphatic rings. The molecule has 1 saturated heterocycles. The highest BCUT2D eigenvalue weighted by atomic mass is 32.2. The van der Waals surface area contributed by atoms with E-state index in [1.165, 1.54) is 12.2 Å². The molecule has 56 valence electrons. The minimum atomic E-state index is 0.178. The molecule has 0 bridgehead atoms. The van der Waals surface area contributed by atoms with Crippen LogP contribution in [0.25, 0.3) is 10.4 Å². The molecule has 1 heterocycles. The number of thioether (sulfide) groups is 2. The Hall–Kier alpha value is 0.0100. The molecule has 1 unspecified atom stereocenters. The Morgan fingerprint density at radius 2 is 2.40 bits per heavy atom. The lowest BCUT2D eigenvalue weighted by Crippen LogP contribution is -1.98. The van der Waals surface area contributed by atoms with E-state index in [9.17, 15) is 0 Å². The highest BCUT2D eigenvalue weighted by Gasteiger charge is 2.09. The summed E-state index contributed by atoms with van der Waals surface area (Å²) >= 11 is 3.65. The van der Waals surface area contributed by atoms with Gasteiger partial charge in [0.1, 0.15) is 0 Å². The van der Waals surface area contributed by atoms with Gasteiger partial charge in [-0.15, -0.1) is 0 Å². The minimum Gasteiger partial charge on any atom is -0.161 e. The van der Waals surface area contributed by atoms with Gasteiger partial charge in [0.05, 0.1) is 5.37 Å². The third-order valence-electron chi connectivity index (χ3n) is 1.18. The number of hydrogen-bond donors (Lipinski definition) is 0. The third kappa shape index (κ3) is 2.73. The summed E-state index contributed by atoms with van der Waals surface area (Å²) in [4.78, 5) is 2.79. The molecule has 1 fully saturated rings. The van der Waals surface area contributed by atoms with Crippen molar-refractivity contribution in [3.8, 4) is 0 Å². The predicted octanol–water partition coefficient (Wildman–Crippen LogP) is 2.49. The zero-order chi connectivity index (χ0) is 7.23. The van der Waals surface area contributed by atoms with Gasteiger partial charge in [0.2, 0.25) is 0 Å². The van der Waals surface area contributed by atoms with Crippen molar-refractivity contribution in [2.24, 2.45) is 5.11 Å². The molecule has 0 aromatic heterocycles. The summed E-state index contributed by atoms with van der Waals surface area (Å²) in [5, 5.41) is 3.84. The largest absolute Gasteiger partial charge is 0.161 e. The Bertz CT molecular complexity index is 136. The van der Waals surface area contributed by atoms with E-state index in [-0.39, 0.29) is 5.37 Å². The summed E-state index contributed by atoms with van der Waals surface area (Å²) in [6.45, 7) is 0. The van der Waals surface area contributed by atoms with Crippen LogP contribution in [-0.4, -0.2) is 22.6 Å². The van der Waals surface area contributed by atoms with E-state index in [1.54, 1.807) is 11.8 Å². The van der Waals surface area contributed by atoms with Crippen LogP contribution in [0.2, 0.25) is 0 Å². The summed E-state index contributed by atoms with van der Waals surface area (Å²) < 4.78 is 0. The first kappa shape index (κ1) is 8.11. The van der Waals surface area contributed by atoms with Crippen LogP contribution in [0.5, 0.6) is 0 Å². The molecule has 0 aliphatic carbocycles. The molecule has 1 atom stereocenters. The summed E-state index contributed by atoms with van der Waals surface area (Å²) in [6.07, 6.45) is 1.24. The highest BCUT2D eigenvalue weighted by molar-refractivity contribution is 8.03. The standard InChI is InChI=1S/C5H9N3S2/c6-8-7-5-4-9-2-1-3-10-5/h5H,1-4H2. The molecular formula is C5H9N3S2. The Labute approximate surface area is 68.6 Å². The molecule has 3 nitrogen and oxygen atoms in total. The Morgan fingerprint density at radius 1 is 1.50 bits per heavy atom. The van der Waals surface area contributed by atoms with Gasteiger partial charge in [-0.25, -0.2) is 0 Å². The smallest absolute Gasteiger partial charge is 0.0923 e. The van der Waals surface area contributed by atoms with Gasteiger partial charge in [0.25, 0.3) is 0 Å². The molecule has 1 aliphatic heterocycles. The van der Waals surface area contributed by atoms with Crippen LogP contribution in [0, 0.1) is 0 Å². The third-order valence-corrected chi connectivity index (χ3v) is 3.69. The molecule has 1 rings (SSSR count). The molecule has 0 amide bonds. The van der Waals surface area contributed by atoms with Crippen molar-refractivity contribution in [2.75, 3.05) is 17.3 Å². The topological polar surface area (TPSA) is 48.8 Å². The van der Waals surface area contributed by atoms with Crippen LogP contribution in [0.15, 0.2) is 5.11 Å². The van der Waals surface area contributed by atoms with E-state index in [1.807, 2.05) is 11.8 Å². The molecule has 0 aromatic carbocycles. The van der Waals surface area contributed by atoms with Crippen molar-refractivity contribution in [2.45, 2.75) is 11.8 Å². The molecule has 0 aromatic rings. The molecule has 5 heteroatoms. The fourth-order valence-corrected chi connectivity index (χ4v) is 3.07. The van der Waals surface area contributed by atoms with Crippen LogP contribution in [0.1, 0.15) is 6.42 Å². The first-order chi connectivity index (χ1) is 4.93. The predicted molar refractivity (Wildman–Crippen MR) is 47.3 cm³/mol. The van der Waals surface area contributed by atoms with Crippen molar-refractivity contribution in [1.29, 1.82) is 0 Å². The van der Waals surface area contributed by atoms with Crippen molar-refractivity contribution < 1.29 is 0 Å². The van der Waals surface area contributed by atoms with E-state index in [4.69, 9.17) is 5.53 Å². The highest BCUT2D eigenvalue weighted by Crippen LogP contribution is 2.23. The van der Waals surface area contributed by atoms with Crippen molar-refractivity contribution in [3.63, 3.8) is 0 Å². The summed E-state index contributed by atoms with van der Waals surface area (Å²) in [5.41, 5.74) is 8.15. The lowest BCUT2D eigenvalue weighted by molar-refractivity contribution is 1.04. The lowest BCUT2D eigenvalue weighted by atomic mass is 10.6. The monoisotopic (exact) mass is 175 g/mol. The lowest BCUT2D eigenvalue weighted by Gasteiger charge is -2.02. The molecule has 0 N–H and O–H groups in total. The normalized spacial score (nSPS) is 26.6. The van der Waals surface area contributed by atoms with E-state index in [0.29, 0.717) is 0 Å². The summed E-state index contributed by atoms with van der Waals surface area (Å²) in [5.74, 6) is 3.33. The molecule has 0 spiro atoms. The van der Waals surface area contributed by atoms with Gasteiger partial charge in [-0.1, -0.05) is 5.11 Å². The summed E-state index contributed by atoms with van der Waals surface area (Å²) in [6, 6.07) is 0. The second-order valence-corrected chi connectivity index (χ2v) is 4.39. The van der Waals surface area contributed by atoms with Gasteiger partial charge in [-0.2, -0.15) is 23.5 Å². The van der Waals surface area contributed by atoms with Crippen molar-refractivity contribution in [3.05, 3.63) is 10.4 Å². The maximum Gasteiger partial charge on any atom is 0.0923 e. The fourth-order valence-electron chi connectivity index (χ4n) is 0.737. The SMILES string of the molecule is [N-]=[N+]=NC1CSCCCS1. The average Bonchev–Trinajstić information content (AvgIpc) is 2.17. The van der Waals surface area contributed by atoms with E-state index >= 15 is 0 Å². The second kappa shape index (κ2) is 4.77. The van der Waals surface area contributed by atoms with Crippen LogP contribution >= 0.6 is 23.5 Å². The second-order valence-electron chi connectivity index (χ2n) is 1.96. The zero-order valence-corrected chi connectivity index (χ0v) is 7.20. The Kier molecular flexibility index (Phi) is 3.87. The van der Waals surface area contributed by atoms with Gasteiger partial charge in [-0.05, 0) is 23.5 Å². The number of hydrogen-bond acceptors (Lipinski definition) is 3. The zero-order valence-electron chi connectivity index (χ0n) is 5.56. The van der Waals surface area contributed by atoms with E-state index in [0.717, 1.165) is 11.5 Å². The van der Waals surface area contributed by atoms with Crippen LogP contribution in [0.4, 0.5) is 0 Å². The fraction of sp³-hybridized carbons (Fsp3) is 1.00. The summed E-state index contributed by atoms with van der Waals surface area (Å²) in [7, 11) is 0. The molecule has 0 radical (unpaired) electrons. The number of rotatable bonds is 1. The quantitative estimate of drug-likeness (QED) is 0.349. The van der Waals surface area contributed by atoms with E-state index in [2.05, 4.69) is 10.0 Å². The van der Waals surface area contributed by atoms with E-state index < -0.39 is 0 Å². The van der Waals surface area contributed by atoms with Gasteiger partial charge in [-0.3, -0.25) is 0 Å². The van der Waals surface area contributed by atoms with Crippen molar-refractivity contribution >= 4 is 23.5 Å². The number of azide groups is 1. The first-order valence-corrected chi connectivity index (χ1v) is 5.37. The van der Waals surface area contributed by atoms with Gasteiger partial charge in [0.15, 0.2) is 0 Å². The van der Waals surface area contributed by atoms with Crippen molar-refractivity contribution in [1.82, 2.24) is 0 Å². The molecule has 10 heavy (non-hydrogen) atoms. The number of nitrogens with zero attached hydrogens (tertiary/aromatic N) is 3. The maximum atomic E-state index is 8.15. The van der Waals surface area contributed by atoms with Gasteiger partial charge in [0, 0.05) is 10.7 Å². The van der Waals surface area contributed by atoms with Crippen LogP contribution in [0.3, 0.4) is 0 Å². The van der Waals surface area contributed by atoms with Crippen LogP contribution in [-0.2, 0) is 0 Å². The van der Waals surface area contributed by atoms with Crippen LogP contribution < -0.4 is 0 Å². The van der Waals surface area contributed by atoms with Gasteiger partial charge < -0.3 is 0 Å². The molecule has 0 saturated carbocycles. The Morgan fingerprint density at radius 3 is 3.20 bits per heavy atom. The minimum absolute atomic E-state index is 0.178. The van der Waals surface area contributed by atoms with Gasteiger partial charge >= 0.3 is 0 Å². The first-order valence-electron chi connectivity index (χ1n) is 3.17. The molecular weight excluding hydrogens is 166 g/mol.